The Kier molecular flexibility index (Phi) is 8.93. The van der Waals surface area contributed by atoms with E-state index in [0.717, 1.165) is 29.8 Å². The highest BCUT2D eigenvalue weighted by Crippen LogP contribution is 2.28. The molecule has 25 heavy (non-hydrogen) atoms. The summed E-state index contributed by atoms with van der Waals surface area (Å²) in [7, 11) is 4.13. The molecular formula is C22H31NO2. The zero-order valence-electron chi connectivity index (χ0n) is 16.4. The number of Topliss-reactive ketones (excluding diaryl/α,β-unsaturated/α-hetero) is 1. The summed E-state index contributed by atoms with van der Waals surface area (Å²) in [5, 5.41) is 0. The van der Waals surface area contributed by atoms with Crippen LogP contribution >= 0.6 is 0 Å². The Hall–Kier alpha value is -2.13. The van der Waals surface area contributed by atoms with Crippen molar-refractivity contribution >= 4 is 5.78 Å². The standard InChI is InChI=1S/C20H25NO2.C2H6/c1-15-14-18(16(2)22)10-11-19(15)23-20(12-13-21(3)4)17-8-6-5-7-9-17;1-2/h5-11,14,20H,12-13H2,1-4H3;1-2H3/t20-;/m1./s1. The maximum Gasteiger partial charge on any atom is 0.159 e. The number of ether oxygens (including phenoxy) is 1. The van der Waals surface area contributed by atoms with E-state index in [1.807, 2.05) is 57.2 Å². The average Bonchev–Trinajstić information content (AvgIpc) is 2.62. The highest BCUT2D eigenvalue weighted by molar-refractivity contribution is 5.94. The molecule has 0 heterocycles. The third-order valence-corrected chi connectivity index (χ3v) is 3.86. The van der Waals surface area contributed by atoms with Crippen LogP contribution in [0.1, 0.15) is 54.8 Å². The van der Waals surface area contributed by atoms with Crippen LogP contribution in [-0.2, 0) is 0 Å². The first-order chi connectivity index (χ1) is 12.0. The van der Waals surface area contributed by atoms with Crippen LogP contribution < -0.4 is 4.74 Å². The van der Waals surface area contributed by atoms with Crippen molar-refractivity contribution < 1.29 is 9.53 Å². The molecule has 3 nitrogen and oxygen atoms in total. The zero-order chi connectivity index (χ0) is 18.8. The maximum atomic E-state index is 11.5. The molecule has 0 aliphatic carbocycles. The minimum Gasteiger partial charge on any atom is -0.485 e. The molecule has 3 heteroatoms. The molecule has 136 valence electrons. The van der Waals surface area contributed by atoms with Gasteiger partial charge in [-0.2, -0.15) is 0 Å². The van der Waals surface area contributed by atoms with Crippen molar-refractivity contribution in [1.82, 2.24) is 4.90 Å². The van der Waals surface area contributed by atoms with Crippen molar-refractivity contribution in [2.24, 2.45) is 0 Å². The van der Waals surface area contributed by atoms with Crippen molar-refractivity contribution in [3.63, 3.8) is 0 Å². The van der Waals surface area contributed by atoms with Gasteiger partial charge in [0.2, 0.25) is 0 Å². The van der Waals surface area contributed by atoms with Crippen LogP contribution in [0, 0.1) is 6.92 Å². The van der Waals surface area contributed by atoms with Crippen LogP contribution in [0.25, 0.3) is 0 Å². The quantitative estimate of drug-likeness (QED) is 0.640. The Morgan fingerprint density at radius 3 is 2.24 bits per heavy atom. The van der Waals surface area contributed by atoms with Crippen molar-refractivity contribution in [2.45, 2.75) is 40.2 Å². The lowest BCUT2D eigenvalue weighted by Crippen LogP contribution is -2.19. The SMILES string of the molecule is CC.CC(=O)c1ccc(O[C@H](CCN(C)C)c2ccccc2)c(C)c1. The van der Waals surface area contributed by atoms with E-state index < -0.39 is 0 Å². The first-order valence-corrected chi connectivity index (χ1v) is 8.95. The highest BCUT2D eigenvalue weighted by Gasteiger charge is 2.15. The second-order valence-electron chi connectivity index (χ2n) is 6.15. The molecule has 0 saturated carbocycles. The zero-order valence-corrected chi connectivity index (χ0v) is 16.4. The lowest BCUT2D eigenvalue weighted by atomic mass is 10.0. The van der Waals surface area contributed by atoms with Gasteiger partial charge in [0, 0.05) is 18.5 Å². The van der Waals surface area contributed by atoms with Crippen LogP contribution in [0.5, 0.6) is 5.75 Å². The lowest BCUT2D eigenvalue weighted by Gasteiger charge is -2.22. The lowest BCUT2D eigenvalue weighted by molar-refractivity contribution is 0.101. The average molecular weight is 341 g/mol. The maximum absolute atomic E-state index is 11.5. The van der Waals surface area contributed by atoms with Crippen LogP contribution in [0.3, 0.4) is 0 Å². The van der Waals surface area contributed by atoms with Crippen molar-refractivity contribution in [3.05, 3.63) is 65.2 Å². The summed E-state index contributed by atoms with van der Waals surface area (Å²) in [6, 6.07) is 15.9. The summed E-state index contributed by atoms with van der Waals surface area (Å²) in [4.78, 5) is 13.6. The van der Waals surface area contributed by atoms with Gasteiger partial charge in [-0.05, 0) is 57.3 Å². The van der Waals surface area contributed by atoms with E-state index in [0.29, 0.717) is 0 Å². The second kappa shape index (κ2) is 10.7. The first kappa shape index (κ1) is 20.9. The van der Waals surface area contributed by atoms with E-state index in [4.69, 9.17) is 4.74 Å². The molecule has 0 spiro atoms. The summed E-state index contributed by atoms with van der Waals surface area (Å²) >= 11 is 0. The number of carbonyl (C=O) groups is 1. The molecule has 2 rings (SSSR count). The third-order valence-electron chi connectivity index (χ3n) is 3.86. The Morgan fingerprint density at radius 1 is 1.08 bits per heavy atom. The van der Waals surface area contributed by atoms with Crippen LogP contribution in [0.4, 0.5) is 0 Å². The van der Waals surface area contributed by atoms with Crippen LogP contribution in [0.15, 0.2) is 48.5 Å². The number of carbonyl (C=O) groups excluding carboxylic acids is 1. The number of benzene rings is 2. The number of nitrogens with zero attached hydrogens (tertiary/aromatic N) is 1. The highest BCUT2D eigenvalue weighted by atomic mass is 16.5. The normalized spacial score (nSPS) is 11.5. The van der Waals surface area contributed by atoms with E-state index >= 15 is 0 Å². The molecule has 0 bridgehead atoms. The van der Waals surface area contributed by atoms with Crippen molar-refractivity contribution in [1.29, 1.82) is 0 Å². The fourth-order valence-electron chi connectivity index (χ4n) is 2.49. The molecule has 0 fully saturated rings. The molecule has 0 aliphatic heterocycles. The Bertz CT molecular complexity index is 650. The molecule has 0 saturated heterocycles. The Labute approximate surface area is 152 Å². The largest absolute Gasteiger partial charge is 0.485 e. The molecule has 0 N–H and O–H groups in total. The minimum absolute atomic E-state index is 0.000443. The number of hydrogen-bond acceptors (Lipinski definition) is 3. The van der Waals surface area contributed by atoms with Crippen LogP contribution in [0.2, 0.25) is 0 Å². The third kappa shape index (κ3) is 6.71. The number of hydrogen-bond donors (Lipinski definition) is 0. The van der Waals surface area contributed by atoms with Crippen molar-refractivity contribution in [2.75, 3.05) is 20.6 Å². The molecular weight excluding hydrogens is 310 g/mol. The molecule has 0 radical (unpaired) electrons. The Morgan fingerprint density at radius 2 is 1.72 bits per heavy atom. The smallest absolute Gasteiger partial charge is 0.159 e. The van der Waals surface area contributed by atoms with E-state index in [1.165, 1.54) is 5.56 Å². The number of ketones is 1. The molecule has 1 atom stereocenters. The van der Waals surface area contributed by atoms with Gasteiger partial charge >= 0.3 is 0 Å². The van der Waals surface area contributed by atoms with Gasteiger partial charge in [-0.1, -0.05) is 44.2 Å². The van der Waals surface area contributed by atoms with Gasteiger partial charge < -0.3 is 9.64 Å². The molecule has 2 aromatic carbocycles. The molecule has 0 amide bonds. The molecule has 2 aromatic rings. The fraction of sp³-hybridized carbons (Fsp3) is 0.409. The van der Waals surface area contributed by atoms with E-state index in [-0.39, 0.29) is 11.9 Å². The van der Waals surface area contributed by atoms with E-state index in [2.05, 4.69) is 31.1 Å². The Balaban J connectivity index is 0.00000151. The van der Waals surface area contributed by atoms with Gasteiger partial charge in [0.25, 0.3) is 0 Å². The summed E-state index contributed by atoms with van der Waals surface area (Å²) < 4.78 is 6.28. The van der Waals surface area contributed by atoms with Gasteiger partial charge in [-0.25, -0.2) is 0 Å². The minimum atomic E-state index is 0.000443. The van der Waals surface area contributed by atoms with Gasteiger partial charge in [-0.15, -0.1) is 0 Å². The fourth-order valence-corrected chi connectivity index (χ4v) is 2.49. The van der Waals surface area contributed by atoms with Crippen LogP contribution in [-0.4, -0.2) is 31.3 Å². The molecule has 0 aromatic heterocycles. The first-order valence-electron chi connectivity index (χ1n) is 8.95. The van der Waals surface area contributed by atoms with E-state index in [1.54, 1.807) is 6.92 Å². The summed E-state index contributed by atoms with van der Waals surface area (Å²) in [6.45, 7) is 8.51. The van der Waals surface area contributed by atoms with Crippen molar-refractivity contribution in [3.8, 4) is 5.75 Å². The predicted octanol–water partition coefficient (Wildman–Crippen LogP) is 5.30. The molecule has 0 aliphatic rings. The topological polar surface area (TPSA) is 29.5 Å². The van der Waals surface area contributed by atoms with E-state index in [9.17, 15) is 4.79 Å². The second-order valence-corrected chi connectivity index (χ2v) is 6.15. The monoisotopic (exact) mass is 341 g/mol. The van der Waals surface area contributed by atoms with Gasteiger partial charge in [0.05, 0.1) is 0 Å². The number of rotatable bonds is 7. The summed E-state index contributed by atoms with van der Waals surface area (Å²) in [6.07, 6.45) is 0.908. The van der Waals surface area contributed by atoms with Gasteiger partial charge in [0.1, 0.15) is 11.9 Å². The summed E-state index contributed by atoms with van der Waals surface area (Å²) in [5.41, 5.74) is 2.88. The van der Waals surface area contributed by atoms with Gasteiger partial charge in [-0.3, -0.25) is 4.79 Å². The predicted molar refractivity (Wildman–Crippen MR) is 106 cm³/mol. The van der Waals surface area contributed by atoms with Gasteiger partial charge in [0.15, 0.2) is 5.78 Å². The summed E-state index contributed by atoms with van der Waals surface area (Å²) in [5.74, 6) is 0.912. The number of aryl methyl sites for hydroxylation is 1. The molecule has 0 unspecified atom stereocenters.